The first-order chi connectivity index (χ1) is 9.86. The molecule has 1 aliphatic heterocycles. The van der Waals surface area contributed by atoms with Gasteiger partial charge in [0.05, 0.1) is 18.6 Å². The monoisotopic (exact) mass is 313 g/mol. The summed E-state index contributed by atoms with van der Waals surface area (Å²) in [6, 6.07) is 4.43. The van der Waals surface area contributed by atoms with Crippen LogP contribution in [0.5, 0.6) is 5.75 Å². The number of nitrogens with zero attached hydrogens (tertiary/aromatic N) is 1. The summed E-state index contributed by atoms with van der Waals surface area (Å²) in [5.74, 6) is 0.134. The van der Waals surface area contributed by atoms with Crippen molar-refractivity contribution in [2.45, 2.75) is 31.2 Å². The maximum atomic E-state index is 12.7. The van der Waals surface area contributed by atoms with E-state index in [4.69, 9.17) is 4.74 Å². The molecule has 1 aromatic rings. The molecule has 1 aromatic carbocycles. The molecule has 21 heavy (non-hydrogen) atoms. The standard InChI is InChI=1S/C14H19NO5S/c1-10(2)15(9-14(16)19-3)21(17,18)12-4-5-13-11(8-12)6-7-20-13/h4-5,8,10H,6-7,9H2,1-3H3. The molecule has 0 atom stereocenters. The molecule has 0 saturated heterocycles. The molecule has 0 radical (unpaired) electrons. The Labute approximate surface area is 124 Å². The minimum Gasteiger partial charge on any atom is -0.493 e. The molecule has 0 bridgehead atoms. The summed E-state index contributed by atoms with van der Waals surface area (Å²) in [5, 5.41) is 0. The number of esters is 1. The zero-order valence-corrected chi connectivity index (χ0v) is 13.1. The van der Waals surface area contributed by atoms with Crippen molar-refractivity contribution >= 4 is 16.0 Å². The highest BCUT2D eigenvalue weighted by Gasteiger charge is 2.30. The Balaban J connectivity index is 2.36. The van der Waals surface area contributed by atoms with Gasteiger partial charge in [-0.2, -0.15) is 4.31 Å². The first-order valence-corrected chi connectivity index (χ1v) is 8.14. The number of methoxy groups -OCH3 is 1. The smallest absolute Gasteiger partial charge is 0.321 e. The van der Waals surface area contributed by atoms with Gasteiger partial charge in [0.2, 0.25) is 10.0 Å². The van der Waals surface area contributed by atoms with Crippen LogP contribution in [0.4, 0.5) is 0 Å². The summed E-state index contributed by atoms with van der Waals surface area (Å²) in [7, 11) is -2.51. The van der Waals surface area contributed by atoms with Gasteiger partial charge in [-0.15, -0.1) is 0 Å². The van der Waals surface area contributed by atoms with E-state index >= 15 is 0 Å². The Morgan fingerprint density at radius 2 is 2.14 bits per heavy atom. The topological polar surface area (TPSA) is 72.9 Å². The molecule has 0 spiro atoms. The normalized spacial score (nSPS) is 14.1. The fourth-order valence-corrected chi connectivity index (χ4v) is 3.83. The van der Waals surface area contributed by atoms with Crippen molar-refractivity contribution in [3.63, 3.8) is 0 Å². The number of ether oxygens (including phenoxy) is 2. The molecule has 2 rings (SSSR count). The van der Waals surface area contributed by atoms with E-state index in [1.807, 2.05) is 0 Å². The van der Waals surface area contributed by atoms with Crippen molar-refractivity contribution in [2.75, 3.05) is 20.3 Å². The average molecular weight is 313 g/mol. The molecule has 0 aliphatic carbocycles. The summed E-state index contributed by atoms with van der Waals surface area (Å²) in [6.45, 7) is 3.70. The lowest BCUT2D eigenvalue weighted by molar-refractivity contribution is -0.141. The van der Waals surface area contributed by atoms with E-state index in [-0.39, 0.29) is 17.5 Å². The van der Waals surface area contributed by atoms with Crippen molar-refractivity contribution < 1.29 is 22.7 Å². The fraction of sp³-hybridized carbons (Fsp3) is 0.500. The third-order valence-corrected chi connectivity index (χ3v) is 5.37. The Morgan fingerprint density at radius 1 is 1.43 bits per heavy atom. The molecule has 7 heteroatoms. The number of carbonyl (C=O) groups excluding carboxylic acids is 1. The molecular formula is C14H19NO5S. The Kier molecular flexibility index (Phi) is 4.53. The molecule has 6 nitrogen and oxygen atoms in total. The highest BCUT2D eigenvalue weighted by molar-refractivity contribution is 7.89. The number of rotatable bonds is 5. The molecule has 0 aromatic heterocycles. The quantitative estimate of drug-likeness (QED) is 0.764. The minimum absolute atomic E-state index is 0.171. The maximum absolute atomic E-state index is 12.7. The average Bonchev–Trinajstić information content (AvgIpc) is 2.91. The van der Waals surface area contributed by atoms with Gasteiger partial charge in [-0.3, -0.25) is 4.79 Å². The van der Waals surface area contributed by atoms with Crippen molar-refractivity contribution in [3.05, 3.63) is 23.8 Å². The van der Waals surface area contributed by atoms with Gasteiger partial charge in [0.15, 0.2) is 0 Å². The van der Waals surface area contributed by atoms with Crippen LogP contribution >= 0.6 is 0 Å². The van der Waals surface area contributed by atoms with Crippen molar-refractivity contribution in [1.29, 1.82) is 0 Å². The molecule has 0 unspecified atom stereocenters. The molecule has 0 fully saturated rings. The summed E-state index contributed by atoms with van der Waals surface area (Å²) in [5.41, 5.74) is 0.873. The first-order valence-electron chi connectivity index (χ1n) is 6.70. The van der Waals surface area contributed by atoms with Gasteiger partial charge in [-0.25, -0.2) is 8.42 Å². The Morgan fingerprint density at radius 3 is 2.76 bits per heavy atom. The van der Waals surface area contributed by atoms with Crippen LogP contribution in [-0.4, -0.2) is 45.0 Å². The molecule has 0 amide bonds. The zero-order chi connectivity index (χ0) is 15.6. The third kappa shape index (κ3) is 3.19. The minimum atomic E-state index is -3.75. The van der Waals surface area contributed by atoms with Crippen LogP contribution in [0.15, 0.2) is 23.1 Å². The van der Waals surface area contributed by atoms with Crippen LogP contribution < -0.4 is 4.74 Å². The Bertz CT molecular complexity index is 639. The van der Waals surface area contributed by atoms with Crippen molar-refractivity contribution in [1.82, 2.24) is 4.31 Å². The predicted molar refractivity (Wildman–Crippen MR) is 76.7 cm³/mol. The molecule has 116 valence electrons. The fourth-order valence-electron chi connectivity index (χ4n) is 2.20. The van der Waals surface area contributed by atoms with Crippen LogP contribution in [0, 0.1) is 0 Å². The number of carbonyl (C=O) groups is 1. The van der Waals surface area contributed by atoms with E-state index in [0.717, 1.165) is 15.6 Å². The number of benzene rings is 1. The van der Waals surface area contributed by atoms with Gasteiger partial charge in [-0.1, -0.05) is 0 Å². The lowest BCUT2D eigenvalue weighted by Crippen LogP contribution is -2.41. The molecule has 0 N–H and O–H groups in total. The van der Waals surface area contributed by atoms with Crippen LogP contribution in [0.1, 0.15) is 19.4 Å². The van der Waals surface area contributed by atoms with Crippen LogP contribution in [0.3, 0.4) is 0 Å². The molecule has 1 heterocycles. The van der Waals surface area contributed by atoms with Crippen molar-refractivity contribution in [3.8, 4) is 5.75 Å². The van der Waals surface area contributed by atoms with E-state index in [9.17, 15) is 13.2 Å². The zero-order valence-electron chi connectivity index (χ0n) is 12.3. The largest absolute Gasteiger partial charge is 0.493 e. The van der Waals surface area contributed by atoms with Gasteiger partial charge in [0, 0.05) is 12.5 Å². The maximum Gasteiger partial charge on any atom is 0.321 e. The summed E-state index contributed by atoms with van der Waals surface area (Å²) >= 11 is 0. The third-order valence-electron chi connectivity index (χ3n) is 3.36. The number of fused-ring (bicyclic) bond motifs is 1. The van der Waals surface area contributed by atoms with E-state index in [0.29, 0.717) is 13.0 Å². The highest BCUT2D eigenvalue weighted by atomic mass is 32.2. The van der Waals surface area contributed by atoms with E-state index in [2.05, 4.69) is 4.74 Å². The SMILES string of the molecule is COC(=O)CN(C(C)C)S(=O)(=O)c1ccc2c(c1)CCO2. The number of hydrogen-bond acceptors (Lipinski definition) is 5. The summed E-state index contributed by atoms with van der Waals surface area (Å²) < 4.78 is 36.5. The molecule has 1 aliphatic rings. The van der Waals surface area contributed by atoms with Crippen molar-refractivity contribution in [2.24, 2.45) is 0 Å². The second-order valence-electron chi connectivity index (χ2n) is 5.09. The van der Waals surface area contributed by atoms with Crippen LogP contribution in [0.25, 0.3) is 0 Å². The number of sulfonamides is 1. The van der Waals surface area contributed by atoms with Gasteiger partial charge < -0.3 is 9.47 Å². The Hall–Kier alpha value is -1.60. The van der Waals surface area contributed by atoms with E-state index < -0.39 is 16.0 Å². The summed E-state index contributed by atoms with van der Waals surface area (Å²) in [6.07, 6.45) is 0.692. The van der Waals surface area contributed by atoms with Gasteiger partial charge in [0.25, 0.3) is 0 Å². The second kappa shape index (κ2) is 6.03. The highest BCUT2D eigenvalue weighted by Crippen LogP contribution is 2.29. The van der Waals surface area contributed by atoms with Gasteiger partial charge in [-0.05, 0) is 37.6 Å². The number of hydrogen-bond donors (Lipinski definition) is 0. The lowest BCUT2D eigenvalue weighted by atomic mass is 10.2. The van der Waals surface area contributed by atoms with Gasteiger partial charge in [0.1, 0.15) is 12.3 Å². The lowest BCUT2D eigenvalue weighted by Gasteiger charge is -2.24. The van der Waals surface area contributed by atoms with Gasteiger partial charge >= 0.3 is 5.97 Å². The predicted octanol–water partition coefficient (Wildman–Crippen LogP) is 1.19. The van der Waals surface area contributed by atoms with E-state index in [1.54, 1.807) is 26.0 Å². The van der Waals surface area contributed by atoms with Crippen LogP contribution in [0.2, 0.25) is 0 Å². The summed E-state index contributed by atoms with van der Waals surface area (Å²) in [4.78, 5) is 11.6. The molecular weight excluding hydrogens is 294 g/mol. The molecule has 0 saturated carbocycles. The first kappa shape index (κ1) is 15.8. The van der Waals surface area contributed by atoms with Crippen LogP contribution in [-0.2, 0) is 26.0 Å². The second-order valence-corrected chi connectivity index (χ2v) is 6.98. The van der Waals surface area contributed by atoms with E-state index in [1.165, 1.54) is 13.2 Å².